The van der Waals surface area contributed by atoms with Gasteiger partial charge in [0, 0.05) is 20.2 Å². The summed E-state index contributed by atoms with van der Waals surface area (Å²) in [5.74, 6) is 0.0728. The number of amides is 1. The van der Waals surface area contributed by atoms with Crippen molar-refractivity contribution >= 4 is 5.91 Å². The standard InChI is InChI=1S/C14H18N2O3/c1-19-9-8-16(7-3-6-15)14(18)11-12-4-2-5-13(17)10-12/h2,4-5,10,17H,3,7-9,11H2,1H3. The van der Waals surface area contributed by atoms with Crippen molar-refractivity contribution in [2.75, 3.05) is 26.8 Å². The predicted molar refractivity (Wildman–Crippen MR) is 70.5 cm³/mol. The number of carbonyl (C=O) groups is 1. The third-order valence-electron chi connectivity index (χ3n) is 2.68. The first-order valence-corrected chi connectivity index (χ1v) is 6.09. The van der Waals surface area contributed by atoms with Crippen molar-refractivity contribution in [3.05, 3.63) is 29.8 Å². The lowest BCUT2D eigenvalue weighted by Gasteiger charge is -2.21. The van der Waals surface area contributed by atoms with Crippen LogP contribution in [-0.4, -0.2) is 42.7 Å². The molecule has 1 aromatic carbocycles. The summed E-state index contributed by atoms with van der Waals surface area (Å²) in [5, 5.41) is 18.0. The van der Waals surface area contributed by atoms with E-state index in [2.05, 4.69) is 0 Å². The molecule has 0 fully saturated rings. The number of hydrogen-bond acceptors (Lipinski definition) is 4. The fourth-order valence-corrected chi connectivity index (χ4v) is 1.70. The van der Waals surface area contributed by atoms with Crippen LogP contribution in [0.25, 0.3) is 0 Å². The molecule has 1 N–H and O–H groups in total. The predicted octanol–water partition coefficient (Wildman–Crippen LogP) is 1.32. The van der Waals surface area contributed by atoms with E-state index in [9.17, 15) is 9.90 Å². The van der Waals surface area contributed by atoms with Crippen molar-refractivity contribution in [3.8, 4) is 11.8 Å². The number of ether oxygens (including phenoxy) is 1. The fraction of sp³-hybridized carbons (Fsp3) is 0.429. The summed E-state index contributed by atoms with van der Waals surface area (Å²) < 4.78 is 4.95. The lowest BCUT2D eigenvalue weighted by Crippen LogP contribution is -2.35. The maximum Gasteiger partial charge on any atom is 0.227 e. The second kappa shape index (κ2) is 8.11. The first-order valence-electron chi connectivity index (χ1n) is 6.09. The van der Waals surface area contributed by atoms with Gasteiger partial charge in [-0.05, 0) is 17.7 Å². The van der Waals surface area contributed by atoms with Crippen molar-refractivity contribution in [1.29, 1.82) is 5.26 Å². The van der Waals surface area contributed by atoms with Crippen molar-refractivity contribution in [2.45, 2.75) is 12.8 Å². The summed E-state index contributed by atoms with van der Waals surface area (Å²) in [6.07, 6.45) is 0.513. The van der Waals surface area contributed by atoms with Gasteiger partial charge in [-0.3, -0.25) is 4.79 Å². The van der Waals surface area contributed by atoms with Gasteiger partial charge < -0.3 is 14.7 Å². The molecule has 1 amide bonds. The van der Waals surface area contributed by atoms with Crippen molar-refractivity contribution in [1.82, 2.24) is 4.90 Å². The summed E-state index contributed by atoms with van der Waals surface area (Å²) in [7, 11) is 1.57. The first-order chi connectivity index (χ1) is 9.17. The number of phenols is 1. The molecule has 0 aliphatic heterocycles. The number of nitriles is 1. The van der Waals surface area contributed by atoms with E-state index in [1.54, 1.807) is 36.3 Å². The molecule has 0 aromatic heterocycles. The van der Waals surface area contributed by atoms with Crippen LogP contribution in [0.2, 0.25) is 0 Å². The number of benzene rings is 1. The largest absolute Gasteiger partial charge is 0.508 e. The third-order valence-corrected chi connectivity index (χ3v) is 2.68. The van der Waals surface area contributed by atoms with E-state index in [1.807, 2.05) is 6.07 Å². The van der Waals surface area contributed by atoms with Crippen LogP contribution >= 0.6 is 0 Å². The molecule has 5 heteroatoms. The smallest absolute Gasteiger partial charge is 0.227 e. The molecule has 0 heterocycles. The quantitative estimate of drug-likeness (QED) is 0.804. The Balaban J connectivity index is 2.62. The van der Waals surface area contributed by atoms with Crippen LogP contribution in [-0.2, 0) is 16.0 Å². The summed E-state index contributed by atoms with van der Waals surface area (Å²) in [5.41, 5.74) is 0.754. The van der Waals surface area contributed by atoms with Crippen molar-refractivity contribution < 1.29 is 14.6 Å². The van der Waals surface area contributed by atoms with Crippen LogP contribution in [0.1, 0.15) is 12.0 Å². The number of carbonyl (C=O) groups excluding carboxylic acids is 1. The van der Waals surface area contributed by atoms with Crippen molar-refractivity contribution in [3.63, 3.8) is 0 Å². The van der Waals surface area contributed by atoms with E-state index < -0.39 is 0 Å². The highest BCUT2D eigenvalue weighted by molar-refractivity contribution is 5.78. The number of aromatic hydroxyl groups is 1. The average molecular weight is 262 g/mol. The Morgan fingerprint density at radius 1 is 1.47 bits per heavy atom. The van der Waals surface area contributed by atoms with E-state index in [0.717, 1.165) is 5.56 Å². The average Bonchev–Trinajstić information content (AvgIpc) is 2.38. The molecule has 0 saturated carbocycles. The van der Waals surface area contributed by atoms with E-state index >= 15 is 0 Å². The molecule has 0 atom stereocenters. The molecule has 0 aliphatic carbocycles. The van der Waals surface area contributed by atoms with E-state index in [0.29, 0.717) is 26.1 Å². The van der Waals surface area contributed by atoms with Gasteiger partial charge in [-0.25, -0.2) is 0 Å². The first kappa shape index (κ1) is 15.0. The number of nitrogens with zero attached hydrogens (tertiary/aromatic N) is 2. The molecule has 0 aliphatic rings. The van der Waals surface area contributed by atoms with Gasteiger partial charge in [0.15, 0.2) is 0 Å². The molecule has 0 saturated heterocycles. The summed E-state index contributed by atoms with van der Waals surface area (Å²) >= 11 is 0. The number of methoxy groups -OCH3 is 1. The zero-order chi connectivity index (χ0) is 14.1. The van der Waals surface area contributed by atoms with Gasteiger partial charge in [-0.1, -0.05) is 12.1 Å². The Morgan fingerprint density at radius 2 is 2.26 bits per heavy atom. The molecular weight excluding hydrogens is 244 g/mol. The molecule has 0 spiro atoms. The summed E-state index contributed by atoms with van der Waals surface area (Å²) in [4.78, 5) is 13.7. The minimum atomic E-state index is -0.0714. The Bertz CT molecular complexity index is 454. The van der Waals surface area contributed by atoms with E-state index in [4.69, 9.17) is 10.00 Å². The topological polar surface area (TPSA) is 73.6 Å². The number of phenolic OH excluding ortho intramolecular Hbond substituents is 1. The number of hydrogen-bond donors (Lipinski definition) is 1. The summed E-state index contributed by atoms with van der Waals surface area (Å²) in [6.45, 7) is 1.31. The van der Waals surface area contributed by atoms with Gasteiger partial charge in [0.2, 0.25) is 5.91 Å². The zero-order valence-electron chi connectivity index (χ0n) is 11.0. The Labute approximate surface area is 113 Å². The molecule has 5 nitrogen and oxygen atoms in total. The fourth-order valence-electron chi connectivity index (χ4n) is 1.70. The molecule has 0 unspecified atom stereocenters. The maximum atomic E-state index is 12.1. The minimum Gasteiger partial charge on any atom is -0.508 e. The van der Waals surface area contributed by atoms with Gasteiger partial charge in [-0.15, -0.1) is 0 Å². The second-order valence-corrected chi connectivity index (χ2v) is 4.13. The monoisotopic (exact) mass is 262 g/mol. The highest BCUT2D eigenvalue weighted by Gasteiger charge is 2.13. The SMILES string of the molecule is COCCN(CCC#N)C(=O)Cc1cccc(O)c1. The molecule has 0 bridgehead atoms. The Morgan fingerprint density at radius 3 is 2.89 bits per heavy atom. The number of rotatable bonds is 7. The van der Waals surface area contributed by atoms with Crippen LogP contribution in [0.4, 0.5) is 0 Å². The van der Waals surface area contributed by atoms with Crippen molar-refractivity contribution in [2.24, 2.45) is 0 Å². The van der Waals surface area contributed by atoms with Crippen LogP contribution in [0.3, 0.4) is 0 Å². The van der Waals surface area contributed by atoms with Gasteiger partial charge >= 0.3 is 0 Å². The van der Waals surface area contributed by atoms with E-state index in [-0.39, 0.29) is 18.1 Å². The molecule has 19 heavy (non-hydrogen) atoms. The molecule has 1 rings (SSSR count). The van der Waals surface area contributed by atoms with Gasteiger partial charge in [-0.2, -0.15) is 5.26 Å². The van der Waals surface area contributed by atoms with Crippen LogP contribution in [0, 0.1) is 11.3 Å². The molecule has 102 valence electrons. The molecule has 1 aromatic rings. The summed E-state index contributed by atoms with van der Waals surface area (Å²) in [6, 6.07) is 8.64. The molecule has 0 radical (unpaired) electrons. The van der Waals surface area contributed by atoms with Gasteiger partial charge in [0.05, 0.1) is 25.5 Å². The lowest BCUT2D eigenvalue weighted by molar-refractivity contribution is -0.131. The van der Waals surface area contributed by atoms with Crippen LogP contribution < -0.4 is 0 Å². The lowest BCUT2D eigenvalue weighted by atomic mass is 10.1. The molecular formula is C14H18N2O3. The second-order valence-electron chi connectivity index (χ2n) is 4.13. The highest BCUT2D eigenvalue weighted by Crippen LogP contribution is 2.12. The van der Waals surface area contributed by atoms with Crippen LogP contribution in [0.5, 0.6) is 5.75 Å². The normalized spacial score (nSPS) is 9.89. The maximum absolute atomic E-state index is 12.1. The van der Waals surface area contributed by atoms with Crippen LogP contribution in [0.15, 0.2) is 24.3 Å². The van der Waals surface area contributed by atoms with E-state index in [1.165, 1.54) is 0 Å². The Hall–Kier alpha value is -2.06. The highest BCUT2D eigenvalue weighted by atomic mass is 16.5. The minimum absolute atomic E-state index is 0.0714. The zero-order valence-corrected chi connectivity index (χ0v) is 11.0. The Kier molecular flexibility index (Phi) is 6.41. The van der Waals surface area contributed by atoms with Gasteiger partial charge in [0.1, 0.15) is 5.75 Å². The third kappa shape index (κ3) is 5.40. The van der Waals surface area contributed by atoms with Gasteiger partial charge in [0.25, 0.3) is 0 Å².